The Morgan fingerprint density at radius 1 is 0.867 bits per heavy atom. The fourth-order valence-corrected chi connectivity index (χ4v) is 3.34. The summed E-state index contributed by atoms with van der Waals surface area (Å²) in [6, 6.07) is 20.6. The van der Waals surface area contributed by atoms with Crippen LogP contribution in [-0.4, -0.2) is 27.8 Å². The summed E-state index contributed by atoms with van der Waals surface area (Å²) in [5.41, 5.74) is 4.61. The highest BCUT2D eigenvalue weighted by molar-refractivity contribution is 14.0. The summed E-state index contributed by atoms with van der Waals surface area (Å²) in [4.78, 5) is 8.88. The number of nitrogens with one attached hydrogen (secondary N) is 2. The average molecular weight is 512 g/mol. The van der Waals surface area contributed by atoms with E-state index < -0.39 is 0 Å². The van der Waals surface area contributed by atoms with Crippen LogP contribution in [0.3, 0.4) is 0 Å². The van der Waals surface area contributed by atoms with Crippen LogP contribution >= 0.6 is 24.0 Å². The fraction of sp³-hybridized carbons (Fsp3) is 0.174. The van der Waals surface area contributed by atoms with Gasteiger partial charge in [0.25, 0.3) is 0 Å². The van der Waals surface area contributed by atoms with Crippen LogP contribution in [0.1, 0.15) is 16.7 Å². The van der Waals surface area contributed by atoms with Gasteiger partial charge >= 0.3 is 0 Å². The molecule has 7 heteroatoms. The van der Waals surface area contributed by atoms with Crippen LogP contribution < -0.4 is 10.6 Å². The Balaban J connectivity index is 0.00000256. The summed E-state index contributed by atoms with van der Waals surface area (Å²) < 4.78 is 1.93. The van der Waals surface area contributed by atoms with Crippen LogP contribution in [0.2, 0.25) is 0 Å². The molecule has 0 atom stereocenters. The van der Waals surface area contributed by atoms with Crippen molar-refractivity contribution in [1.29, 1.82) is 0 Å². The van der Waals surface area contributed by atoms with Crippen molar-refractivity contribution in [2.45, 2.75) is 19.6 Å². The number of rotatable bonds is 6. The van der Waals surface area contributed by atoms with Gasteiger partial charge in [-0.05, 0) is 28.8 Å². The van der Waals surface area contributed by atoms with Gasteiger partial charge in [0.05, 0.1) is 12.1 Å². The van der Waals surface area contributed by atoms with E-state index in [9.17, 15) is 0 Å². The molecule has 2 aromatic heterocycles. The molecule has 0 amide bonds. The van der Waals surface area contributed by atoms with Gasteiger partial charge in [-0.25, -0.2) is 0 Å². The van der Waals surface area contributed by atoms with E-state index in [0.717, 1.165) is 29.0 Å². The molecule has 0 bridgehead atoms. The predicted molar refractivity (Wildman–Crippen MR) is 132 cm³/mol. The SMILES string of the molecule is CN=C(NCc1ccccc1Cn1cccn1)NCc1cccc2cccnc12.I. The number of para-hydroxylation sites is 1. The van der Waals surface area contributed by atoms with E-state index in [1.807, 2.05) is 29.2 Å². The monoisotopic (exact) mass is 512 g/mol. The molecule has 4 rings (SSSR count). The van der Waals surface area contributed by atoms with E-state index in [0.29, 0.717) is 13.1 Å². The minimum absolute atomic E-state index is 0. The van der Waals surface area contributed by atoms with Gasteiger partial charge in [-0.1, -0.05) is 48.5 Å². The van der Waals surface area contributed by atoms with Crippen molar-refractivity contribution in [2.24, 2.45) is 4.99 Å². The Morgan fingerprint density at radius 2 is 1.60 bits per heavy atom. The first kappa shape index (κ1) is 21.8. The molecule has 2 aromatic carbocycles. The molecule has 0 saturated carbocycles. The lowest BCUT2D eigenvalue weighted by Crippen LogP contribution is -2.36. The number of guanidine groups is 1. The van der Waals surface area contributed by atoms with E-state index in [1.165, 1.54) is 11.1 Å². The van der Waals surface area contributed by atoms with Crippen LogP contribution in [0.5, 0.6) is 0 Å². The summed E-state index contributed by atoms with van der Waals surface area (Å²) >= 11 is 0. The summed E-state index contributed by atoms with van der Waals surface area (Å²) in [5, 5.41) is 12.3. The number of benzene rings is 2. The Kier molecular flexibility index (Phi) is 7.78. The minimum Gasteiger partial charge on any atom is -0.352 e. The number of aliphatic imine (C=N–C) groups is 1. The summed E-state index contributed by atoms with van der Waals surface area (Å²) in [6.07, 6.45) is 5.60. The molecule has 0 aliphatic carbocycles. The van der Waals surface area contributed by atoms with Gasteiger partial charge in [0.2, 0.25) is 0 Å². The number of nitrogens with zero attached hydrogens (tertiary/aromatic N) is 4. The third kappa shape index (κ3) is 5.35. The highest BCUT2D eigenvalue weighted by Crippen LogP contribution is 2.15. The molecular weight excluding hydrogens is 487 g/mol. The van der Waals surface area contributed by atoms with Crippen molar-refractivity contribution in [3.63, 3.8) is 0 Å². The Bertz CT molecular complexity index is 1100. The second kappa shape index (κ2) is 10.7. The molecule has 30 heavy (non-hydrogen) atoms. The number of hydrogen-bond donors (Lipinski definition) is 2. The Morgan fingerprint density at radius 3 is 2.37 bits per heavy atom. The van der Waals surface area contributed by atoms with Crippen LogP contribution in [0.4, 0.5) is 0 Å². The molecule has 6 nitrogen and oxygen atoms in total. The molecular formula is C23H25IN6. The zero-order valence-electron chi connectivity index (χ0n) is 16.8. The van der Waals surface area contributed by atoms with Crippen molar-refractivity contribution in [2.75, 3.05) is 7.05 Å². The second-order valence-electron chi connectivity index (χ2n) is 6.74. The van der Waals surface area contributed by atoms with Crippen molar-refractivity contribution in [1.82, 2.24) is 25.4 Å². The molecule has 0 fully saturated rings. The molecule has 2 heterocycles. The standard InChI is InChI=1S/C23H24N6.HI/c1-24-23(27-16-20-10-4-9-18-11-5-12-25-22(18)20)26-15-19-7-2-3-8-21(19)17-29-14-6-13-28-29;/h2-14H,15-17H2,1H3,(H2,24,26,27);1H. The molecule has 0 aliphatic rings. The number of pyridine rings is 1. The molecule has 154 valence electrons. The quantitative estimate of drug-likeness (QED) is 0.233. The van der Waals surface area contributed by atoms with E-state index in [1.54, 1.807) is 13.2 Å². The van der Waals surface area contributed by atoms with Crippen LogP contribution in [0, 0.1) is 0 Å². The van der Waals surface area contributed by atoms with Crippen molar-refractivity contribution >= 4 is 40.8 Å². The topological polar surface area (TPSA) is 67.1 Å². The van der Waals surface area contributed by atoms with E-state index in [2.05, 4.69) is 74.2 Å². The zero-order chi connectivity index (χ0) is 19.9. The van der Waals surface area contributed by atoms with Gasteiger partial charge in [0, 0.05) is 44.1 Å². The maximum Gasteiger partial charge on any atom is 0.191 e. The van der Waals surface area contributed by atoms with E-state index in [4.69, 9.17) is 0 Å². The van der Waals surface area contributed by atoms with Gasteiger partial charge in [0.15, 0.2) is 5.96 Å². The van der Waals surface area contributed by atoms with Crippen LogP contribution in [0.25, 0.3) is 10.9 Å². The van der Waals surface area contributed by atoms with Crippen molar-refractivity contribution in [3.8, 4) is 0 Å². The number of hydrogen-bond acceptors (Lipinski definition) is 3. The lowest BCUT2D eigenvalue weighted by Gasteiger charge is -2.15. The molecule has 4 aromatic rings. The first-order chi connectivity index (χ1) is 14.3. The van der Waals surface area contributed by atoms with Crippen LogP contribution in [0.15, 0.2) is 84.2 Å². The lowest BCUT2D eigenvalue weighted by atomic mass is 10.1. The second-order valence-corrected chi connectivity index (χ2v) is 6.74. The molecule has 0 aliphatic heterocycles. The smallest absolute Gasteiger partial charge is 0.191 e. The maximum atomic E-state index is 4.52. The summed E-state index contributed by atoms with van der Waals surface area (Å²) in [7, 11) is 1.78. The molecule has 0 radical (unpaired) electrons. The van der Waals surface area contributed by atoms with Crippen molar-refractivity contribution < 1.29 is 0 Å². The largest absolute Gasteiger partial charge is 0.352 e. The van der Waals surface area contributed by atoms with Gasteiger partial charge in [-0.3, -0.25) is 14.7 Å². The Labute approximate surface area is 193 Å². The molecule has 0 unspecified atom stereocenters. The Hall–Kier alpha value is -2.94. The predicted octanol–water partition coefficient (Wildman–Crippen LogP) is 3.96. The number of halogens is 1. The first-order valence-corrected chi connectivity index (χ1v) is 9.65. The first-order valence-electron chi connectivity index (χ1n) is 9.65. The number of aromatic nitrogens is 3. The third-order valence-corrected chi connectivity index (χ3v) is 4.84. The zero-order valence-corrected chi connectivity index (χ0v) is 19.2. The summed E-state index contributed by atoms with van der Waals surface area (Å²) in [6.45, 7) is 2.09. The normalized spacial score (nSPS) is 11.2. The van der Waals surface area contributed by atoms with Gasteiger partial charge in [0.1, 0.15) is 0 Å². The van der Waals surface area contributed by atoms with Crippen LogP contribution in [-0.2, 0) is 19.6 Å². The van der Waals surface area contributed by atoms with Crippen molar-refractivity contribution in [3.05, 3.63) is 95.9 Å². The molecule has 0 saturated heterocycles. The molecule has 2 N–H and O–H groups in total. The van der Waals surface area contributed by atoms with Gasteiger partial charge in [-0.15, -0.1) is 24.0 Å². The highest BCUT2D eigenvalue weighted by atomic mass is 127. The minimum atomic E-state index is 0. The number of fused-ring (bicyclic) bond motifs is 1. The average Bonchev–Trinajstić information content (AvgIpc) is 3.28. The van der Waals surface area contributed by atoms with E-state index >= 15 is 0 Å². The fourth-order valence-electron chi connectivity index (χ4n) is 3.34. The highest BCUT2D eigenvalue weighted by Gasteiger charge is 2.06. The maximum absolute atomic E-state index is 4.52. The van der Waals surface area contributed by atoms with Gasteiger partial charge in [-0.2, -0.15) is 5.10 Å². The molecule has 0 spiro atoms. The lowest BCUT2D eigenvalue weighted by molar-refractivity contribution is 0.677. The summed E-state index contributed by atoms with van der Waals surface area (Å²) in [5.74, 6) is 0.756. The third-order valence-electron chi connectivity index (χ3n) is 4.84. The van der Waals surface area contributed by atoms with Gasteiger partial charge < -0.3 is 10.6 Å². The van der Waals surface area contributed by atoms with E-state index in [-0.39, 0.29) is 24.0 Å².